The quantitative estimate of drug-likeness (QED) is 0.480. The first-order valence-corrected chi connectivity index (χ1v) is 11.0. The van der Waals surface area contributed by atoms with Crippen molar-refractivity contribution < 1.29 is 8.42 Å². The molecule has 0 aliphatic heterocycles. The van der Waals surface area contributed by atoms with Gasteiger partial charge >= 0.3 is 0 Å². The Morgan fingerprint density at radius 3 is 2.82 bits per heavy atom. The molecule has 9 nitrogen and oxygen atoms in total. The maximum Gasteiger partial charge on any atom is 0.291 e. The van der Waals surface area contributed by atoms with Gasteiger partial charge in [0.1, 0.15) is 5.52 Å². The van der Waals surface area contributed by atoms with Gasteiger partial charge in [-0.3, -0.25) is 9.89 Å². The molecule has 0 saturated heterocycles. The van der Waals surface area contributed by atoms with Crippen LogP contribution < -0.4 is 5.56 Å². The summed E-state index contributed by atoms with van der Waals surface area (Å²) in [7, 11) is -1.71. The van der Waals surface area contributed by atoms with Crippen LogP contribution in [0.2, 0.25) is 0 Å². The maximum atomic E-state index is 13.1. The first kappa shape index (κ1) is 17.1. The van der Waals surface area contributed by atoms with Gasteiger partial charge in [-0.25, -0.2) is 18.1 Å². The fourth-order valence-corrected chi connectivity index (χ4v) is 5.32. The number of nitrogens with one attached hydrogen (secondary N) is 1. The largest absolute Gasteiger partial charge is 0.323 e. The Bertz CT molecular complexity index is 1550. The summed E-state index contributed by atoms with van der Waals surface area (Å²) in [5.74, 6) is 0. The van der Waals surface area contributed by atoms with Crippen molar-refractivity contribution >= 4 is 53.3 Å². The zero-order chi connectivity index (χ0) is 19.6. The smallest absolute Gasteiger partial charge is 0.291 e. The number of sulfone groups is 1. The molecular formula is C17H14N6O3S2. The second-order valence-corrected chi connectivity index (χ2v) is 9.77. The number of hydrogen-bond donors (Lipinski definition) is 1. The third kappa shape index (κ3) is 2.39. The summed E-state index contributed by atoms with van der Waals surface area (Å²) in [4.78, 5) is 17.3. The summed E-state index contributed by atoms with van der Waals surface area (Å²) in [5, 5.41) is 12.8. The normalized spacial score (nSPS) is 12.5. The fourth-order valence-electron chi connectivity index (χ4n) is 3.37. The third-order valence-electron chi connectivity index (χ3n) is 4.72. The number of aromatic nitrogens is 6. The predicted octanol–water partition coefficient (Wildman–Crippen LogP) is 1.67. The van der Waals surface area contributed by atoms with E-state index in [1.807, 2.05) is 18.2 Å². The van der Waals surface area contributed by atoms with Gasteiger partial charge in [-0.2, -0.15) is 10.2 Å². The Labute approximate surface area is 162 Å². The van der Waals surface area contributed by atoms with Crippen molar-refractivity contribution in [1.29, 1.82) is 0 Å². The number of rotatable bonds is 3. The van der Waals surface area contributed by atoms with E-state index in [2.05, 4.69) is 20.3 Å². The Balaban J connectivity index is 1.70. The molecule has 0 aliphatic rings. The molecule has 0 radical (unpaired) electrons. The number of fused-ring (bicyclic) bond motifs is 4. The Morgan fingerprint density at radius 1 is 1.21 bits per heavy atom. The number of aryl methyl sites for hydroxylation is 1. The molecule has 0 bridgehead atoms. The maximum absolute atomic E-state index is 13.1. The number of H-pyrrole nitrogens is 1. The summed E-state index contributed by atoms with van der Waals surface area (Å²) in [6.07, 6.45) is 4.44. The third-order valence-corrected chi connectivity index (χ3v) is 7.47. The Morgan fingerprint density at radius 2 is 2.04 bits per heavy atom. The van der Waals surface area contributed by atoms with Crippen LogP contribution in [0.3, 0.4) is 0 Å². The molecule has 5 rings (SSSR count). The van der Waals surface area contributed by atoms with E-state index in [1.165, 1.54) is 4.68 Å². The molecule has 1 aromatic carbocycles. The molecule has 142 valence electrons. The van der Waals surface area contributed by atoms with E-state index in [9.17, 15) is 13.2 Å². The van der Waals surface area contributed by atoms with E-state index in [0.29, 0.717) is 27.8 Å². The number of hydrogen-bond acceptors (Lipinski definition) is 7. The highest BCUT2D eigenvalue weighted by atomic mass is 32.2. The van der Waals surface area contributed by atoms with Crippen LogP contribution in [0.4, 0.5) is 0 Å². The molecule has 11 heteroatoms. The lowest BCUT2D eigenvalue weighted by Crippen LogP contribution is -2.24. The van der Waals surface area contributed by atoms with Crippen molar-refractivity contribution in [3.05, 3.63) is 46.5 Å². The molecule has 1 N–H and O–H groups in total. The molecule has 28 heavy (non-hydrogen) atoms. The van der Waals surface area contributed by atoms with Crippen molar-refractivity contribution in [1.82, 2.24) is 29.5 Å². The molecule has 0 aliphatic carbocycles. The van der Waals surface area contributed by atoms with E-state index in [0.717, 1.165) is 34.1 Å². The predicted molar refractivity (Wildman–Crippen MR) is 106 cm³/mol. The Hall–Kier alpha value is -3.05. The van der Waals surface area contributed by atoms with Crippen molar-refractivity contribution in [2.45, 2.75) is 10.9 Å². The number of nitrogens with zero attached hydrogens (tertiary/aromatic N) is 5. The van der Waals surface area contributed by atoms with Crippen LogP contribution in [0.1, 0.15) is 5.56 Å². The summed E-state index contributed by atoms with van der Waals surface area (Å²) in [6, 6.07) is 5.75. The molecule has 0 atom stereocenters. The number of thiazole rings is 1. The zero-order valence-electron chi connectivity index (χ0n) is 14.9. The van der Waals surface area contributed by atoms with E-state index in [-0.39, 0.29) is 9.90 Å². The minimum atomic E-state index is -3.41. The van der Waals surface area contributed by atoms with E-state index in [4.69, 9.17) is 0 Å². The SMILES string of the molecule is Cn1c2nc(S(C)(=O)=O)sc2c2cnn(Cc3cccc4[nH]ncc34)c(=O)c21. The summed E-state index contributed by atoms with van der Waals surface area (Å²) >= 11 is 1.06. The summed E-state index contributed by atoms with van der Waals surface area (Å²) < 4.78 is 27.3. The highest BCUT2D eigenvalue weighted by Gasteiger charge is 2.21. The summed E-state index contributed by atoms with van der Waals surface area (Å²) in [5.41, 5.74) is 2.47. The number of aromatic amines is 1. The second kappa shape index (κ2) is 5.72. The first-order valence-electron chi connectivity index (χ1n) is 8.30. The molecular weight excluding hydrogens is 400 g/mol. The van der Waals surface area contributed by atoms with Gasteiger partial charge in [0.2, 0.25) is 14.2 Å². The second-order valence-electron chi connectivity index (χ2n) is 6.58. The molecule has 0 amide bonds. The lowest BCUT2D eigenvalue weighted by atomic mass is 10.1. The molecule has 0 spiro atoms. The van der Waals surface area contributed by atoms with Gasteiger partial charge in [-0.05, 0) is 11.6 Å². The lowest BCUT2D eigenvalue weighted by Gasteiger charge is -2.06. The van der Waals surface area contributed by atoms with Crippen LogP contribution in [0.25, 0.3) is 32.2 Å². The van der Waals surface area contributed by atoms with Crippen LogP contribution in [-0.2, 0) is 23.4 Å². The highest BCUT2D eigenvalue weighted by molar-refractivity contribution is 7.92. The monoisotopic (exact) mass is 414 g/mol. The standard InChI is InChI=1S/C17H14N6O3S2/c1-22-13-11(14-15(22)20-17(27-14)28(2,25)26)7-19-23(16(13)24)8-9-4-3-5-12-10(9)6-18-21-12/h3-7H,8H2,1-2H3,(H,18,21). The highest BCUT2D eigenvalue weighted by Crippen LogP contribution is 2.32. The van der Waals surface area contributed by atoms with Gasteiger partial charge in [-0.1, -0.05) is 12.1 Å². The van der Waals surface area contributed by atoms with Crippen LogP contribution >= 0.6 is 11.3 Å². The van der Waals surface area contributed by atoms with E-state index >= 15 is 0 Å². The van der Waals surface area contributed by atoms with Gasteiger partial charge < -0.3 is 4.57 Å². The fraction of sp³-hybridized carbons (Fsp3) is 0.176. The molecule has 4 aromatic heterocycles. The molecule has 0 saturated carbocycles. The average Bonchev–Trinajstić information content (AvgIpc) is 3.34. The van der Waals surface area contributed by atoms with E-state index < -0.39 is 9.84 Å². The van der Waals surface area contributed by atoms with Gasteiger partial charge in [0.05, 0.1) is 29.2 Å². The van der Waals surface area contributed by atoms with Gasteiger partial charge in [0.15, 0.2) is 5.65 Å². The van der Waals surface area contributed by atoms with Crippen molar-refractivity contribution in [3.8, 4) is 0 Å². The van der Waals surface area contributed by atoms with Crippen LogP contribution in [0, 0.1) is 0 Å². The molecule has 0 fully saturated rings. The summed E-state index contributed by atoms with van der Waals surface area (Å²) in [6.45, 7) is 0.298. The topological polar surface area (TPSA) is 116 Å². The van der Waals surface area contributed by atoms with Crippen LogP contribution in [-0.4, -0.2) is 44.2 Å². The van der Waals surface area contributed by atoms with Gasteiger partial charge in [0, 0.05) is 24.1 Å². The molecule has 4 heterocycles. The molecule has 0 unspecified atom stereocenters. The van der Waals surface area contributed by atoms with Crippen molar-refractivity contribution in [3.63, 3.8) is 0 Å². The van der Waals surface area contributed by atoms with Gasteiger partial charge in [-0.15, -0.1) is 11.3 Å². The minimum Gasteiger partial charge on any atom is -0.323 e. The average molecular weight is 414 g/mol. The van der Waals surface area contributed by atoms with Gasteiger partial charge in [0.25, 0.3) is 5.56 Å². The van der Waals surface area contributed by atoms with Crippen LogP contribution in [0.5, 0.6) is 0 Å². The first-order chi connectivity index (χ1) is 13.3. The minimum absolute atomic E-state index is 0.0332. The lowest BCUT2D eigenvalue weighted by molar-refractivity contribution is 0.601. The zero-order valence-corrected chi connectivity index (χ0v) is 16.5. The van der Waals surface area contributed by atoms with E-state index in [1.54, 1.807) is 24.0 Å². The number of benzene rings is 1. The van der Waals surface area contributed by atoms with Crippen LogP contribution in [0.15, 0.2) is 39.7 Å². The Kier molecular flexibility index (Phi) is 3.49. The van der Waals surface area contributed by atoms with Crippen molar-refractivity contribution in [2.75, 3.05) is 6.26 Å². The molecule has 5 aromatic rings. The van der Waals surface area contributed by atoms with Crippen molar-refractivity contribution in [2.24, 2.45) is 7.05 Å².